The number of amides is 1. The van der Waals surface area contributed by atoms with Crippen molar-refractivity contribution in [1.82, 2.24) is 19.6 Å². The summed E-state index contributed by atoms with van der Waals surface area (Å²) in [6.07, 6.45) is 4.73. The number of halogens is 1. The summed E-state index contributed by atoms with van der Waals surface area (Å²) < 4.78 is 21.3. The zero-order valence-electron chi connectivity index (χ0n) is 18.1. The Morgan fingerprint density at radius 1 is 1.19 bits per heavy atom. The molecule has 166 valence electrons. The number of carbonyl (C=O) groups excluding carboxylic acids is 1. The van der Waals surface area contributed by atoms with Gasteiger partial charge in [-0.3, -0.25) is 14.4 Å². The molecule has 1 saturated carbocycles. The molecule has 0 radical (unpaired) electrons. The Morgan fingerprint density at radius 2 is 2.03 bits per heavy atom. The van der Waals surface area contributed by atoms with Crippen LogP contribution in [-0.2, 0) is 42.1 Å². The number of ether oxygens (including phenoxy) is 1. The summed E-state index contributed by atoms with van der Waals surface area (Å²) in [6, 6.07) is 6.76. The highest BCUT2D eigenvalue weighted by atomic mass is 19.1. The Kier molecular flexibility index (Phi) is 6.05. The fourth-order valence-corrected chi connectivity index (χ4v) is 4.71. The third kappa shape index (κ3) is 4.99. The van der Waals surface area contributed by atoms with Gasteiger partial charge in [-0.15, -0.1) is 0 Å². The predicted octanol–water partition coefficient (Wildman–Crippen LogP) is 2.78. The van der Waals surface area contributed by atoms with Crippen molar-refractivity contribution in [3.8, 4) is 0 Å². The molecule has 1 amide bonds. The van der Waals surface area contributed by atoms with Gasteiger partial charge in [0, 0.05) is 69.8 Å². The van der Waals surface area contributed by atoms with E-state index < -0.39 is 0 Å². The molecule has 1 aliphatic carbocycles. The van der Waals surface area contributed by atoms with Gasteiger partial charge in [-0.25, -0.2) is 4.39 Å². The molecule has 0 N–H and O–H groups in total. The molecule has 0 unspecified atom stereocenters. The molecular weight excluding hydrogens is 395 g/mol. The number of nitrogens with zero attached hydrogens (tertiary/aromatic N) is 4. The first-order chi connectivity index (χ1) is 15.2. The third-order valence-corrected chi connectivity index (χ3v) is 6.70. The van der Waals surface area contributed by atoms with Gasteiger partial charge in [0.25, 0.3) is 0 Å². The van der Waals surface area contributed by atoms with E-state index in [9.17, 15) is 9.18 Å². The van der Waals surface area contributed by atoms with Gasteiger partial charge in [-0.2, -0.15) is 5.10 Å². The van der Waals surface area contributed by atoms with Gasteiger partial charge in [0.1, 0.15) is 5.82 Å². The summed E-state index contributed by atoms with van der Waals surface area (Å²) in [5, 5.41) is 4.88. The van der Waals surface area contributed by atoms with E-state index in [4.69, 9.17) is 9.84 Å². The molecule has 31 heavy (non-hydrogen) atoms. The van der Waals surface area contributed by atoms with Gasteiger partial charge < -0.3 is 9.64 Å². The highest BCUT2D eigenvalue weighted by Crippen LogP contribution is 2.32. The Hall–Kier alpha value is -2.25. The van der Waals surface area contributed by atoms with Gasteiger partial charge in [0.15, 0.2) is 0 Å². The smallest absolute Gasteiger partial charge is 0.223 e. The van der Waals surface area contributed by atoms with E-state index in [0.29, 0.717) is 19.4 Å². The van der Waals surface area contributed by atoms with Crippen LogP contribution in [0.3, 0.4) is 0 Å². The maximum Gasteiger partial charge on any atom is 0.223 e. The molecule has 3 aliphatic rings. The topological polar surface area (TPSA) is 50.6 Å². The summed E-state index contributed by atoms with van der Waals surface area (Å²) in [7, 11) is 0. The first kappa shape index (κ1) is 20.6. The lowest BCUT2D eigenvalue weighted by Crippen LogP contribution is -2.48. The minimum absolute atomic E-state index is 0.196. The molecule has 3 heterocycles. The molecule has 1 aromatic heterocycles. The minimum Gasteiger partial charge on any atom is -0.376 e. The van der Waals surface area contributed by atoms with Gasteiger partial charge in [0.2, 0.25) is 5.91 Å². The van der Waals surface area contributed by atoms with Gasteiger partial charge in [0.05, 0.1) is 18.9 Å². The molecular formula is C24H31FN4O2. The van der Waals surface area contributed by atoms with Gasteiger partial charge in [-0.05, 0) is 36.5 Å². The molecule has 0 bridgehead atoms. The van der Waals surface area contributed by atoms with E-state index in [1.165, 1.54) is 30.2 Å². The highest BCUT2D eigenvalue weighted by Gasteiger charge is 2.28. The molecule has 2 aromatic rings. The number of fused-ring (bicyclic) bond motifs is 1. The Labute approximate surface area is 183 Å². The van der Waals surface area contributed by atoms with Crippen LogP contribution in [0.25, 0.3) is 0 Å². The van der Waals surface area contributed by atoms with Crippen molar-refractivity contribution >= 4 is 5.91 Å². The summed E-state index contributed by atoms with van der Waals surface area (Å²) in [5.41, 5.74) is 4.58. The quantitative estimate of drug-likeness (QED) is 0.683. The van der Waals surface area contributed by atoms with Crippen molar-refractivity contribution in [1.29, 1.82) is 0 Å². The van der Waals surface area contributed by atoms with Crippen LogP contribution in [0.2, 0.25) is 0 Å². The largest absolute Gasteiger partial charge is 0.376 e. The van der Waals surface area contributed by atoms with Crippen molar-refractivity contribution < 1.29 is 13.9 Å². The van der Waals surface area contributed by atoms with Crippen LogP contribution >= 0.6 is 0 Å². The number of carbonyl (C=O) groups is 1. The van der Waals surface area contributed by atoms with E-state index in [1.807, 2.05) is 11.0 Å². The van der Waals surface area contributed by atoms with Gasteiger partial charge in [-0.1, -0.05) is 12.1 Å². The van der Waals surface area contributed by atoms with Crippen molar-refractivity contribution in [3.63, 3.8) is 0 Å². The number of aromatic nitrogens is 2. The van der Waals surface area contributed by atoms with E-state index in [1.54, 1.807) is 12.1 Å². The highest BCUT2D eigenvalue weighted by molar-refractivity contribution is 5.76. The summed E-state index contributed by atoms with van der Waals surface area (Å²) in [6.45, 7) is 6.23. The molecule has 0 spiro atoms. The zero-order chi connectivity index (χ0) is 21.2. The van der Waals surface area contributed by atoms with Crippen LogP contribution in [0, 0.1) is 11.7 Å². The maximum absolute atomic E-state index is 13.4. The molecule has 2 fully saturated rings. The van der Waals surface area contributed by atoms with Gasteiger partial charge >= 0.3 is 0 Å². The fraction of sp³-hybridized carbons (Fsp3) is 0.583. The lowest BCUT2D eigenvalue weighted by atomic mass is 10.1. The number of piperazine rings is 1. The second-order valence-electron chi connectivity index (χ2n) is 9.09. The number of hydrogen-bond donors (Lipinski definition) is 0. The number of hydrogen-bond acceptors (Lipinski definition) is 4. The first-order valence-electron chi connectivity index (χ1n) is 11.6. The molecule has 1 aromatic carbocycles. The molecule has 2 aliphatic heterocycles. The normalized spacial score (nSPS) is 19.5. The molecule has 6 nitrogen and oxygen atoms in total. The summed E-state index contributed by atoms with van der Waals surface area (Å²) in [4.78, 5) is 17.1. The Morgan fingerprint density at radius 3 is 2.81 bits per heavy atom. The van der Waals surface area contributed by atoms with Crippen LogP contribution < -0.4 is 0 Å². The summed E-state index contributed by atoms with van der Waals surface area (Å²) >= 11 is 0. The van der Waals surface area contributed by atoms with E-state index in [2.05, 4.69) is 9.58 Å². The number of aryl methyl sites for hydroxylation is 1. The van der Waals surface area contributed by atoms with Crippen LogP contribution in [0.15, 0.2) is 24.3 Å². The monoisotopic (exact) mass is 426 g/mol. The average molecular weight is 427 g/mol. The summed E-state index contributed by atoms with van der Waals surface area (Å²) in [5.74, 6) is 0.788. The standard InChI is InChI=1S/C24H31FN4O2/c25-20-3-1-2-19(14-20)15-27-9-11-28(12-10-27)24(30)7-6-22-21-17-31-13-8-23(21)29(26-22)16-18-4-5-18/h1-3,14,18H,4-13,15-17H2. The lowest BCUT2D eigenvalue weighted by Gasteiger charge is -2.34. The van der Waals surface area contributed by atoms with Crippen LogP contribution in [-0.4, -0.2) is 58.3 Å². The van der Waals surface area contributed by atoms with Crippen molar-refractivity contribution in [3.05, 3.63) is 52.6 Å². The zero-order valence-corrected chi connectivity index (χ0v) is 18.1. The minimum atomic E-state index is -0.196. The maximum atomic E-state index is 13.4. The van der Waals surface area contributed by atoms with E-state index in [0.717, 1.165) is 69.5 Å². The third-order valence-electron chi connectivity index (χ3n) is 6.70. The molecule has 1 saturated heterocycles. The van der Waals surface area contributed by atoms with Crippen molar-refractivity contribution in [2.24, 2.45) is 5.92 Å². The second kappa shape index (κ2) is 9.09. The fourth-order valence-electron chi connectivity index (χ4n) is 4.71. The average Bonchev–Trinajstić information content (AvgIpc) is 3.53. The molecule has 0 atom stereocenters. The van der Waals surface area contributed by atoms with Crippen molar-refractivity contribution in [2.45, 2.75) is 51.8 Å². The van der Waals surface area contributed by atoms with Crippen LogP contribution in [0.4, 0.5) is 4.39 Å². The predicted molar refractivity (Wildman–Crippen MR) is 115 cm³/mol. The van der Waals surface area contributed by atoms with Crippen LogP contribution in [0.5, 0.6) is 0 Å². The van der Waals surface area contributed by atoms with E-state index in [-0.39, 0.29) is 11.7 Å². The Bertz CT molecular complexity index is 932. The number of benzene rings is 1. The van der Waals surface area contributed by atoms with E-state index >= 15 is 0 Å². The van der Waals surface area contributed by atoms with Crippen LogP contribution in [0.1, 0.15) is 41.8 Å². The Balaban J connectivity index is 1.13. The first-order valence-corrected chi connectivity index (χ1v) is 11.6. The molecule has 7 heteroatoms. The lowest BCUT2D eigenvalue weighted by molar-refractivity contribution is -0.133. The van der Waals surface area contributed by atoms with Crippen molar-refractivity contribution in [2.75, 3.05) is 32.8 Å². The molecule has 5 rings (SSSR count). The SMILES string of the molecule is O=C(CCc1nn(CC2CC2)c2c1COCC2)N1CCN(Cc2cccc(F)c2)CC1. The second-order valence-corrected chi connectivity index (χ2v) is 9.09. The number of rotatable bonds is 7.